The van der Waals surface area contributed by atoms with Crippen LogP contribution in [0.15, 0.2) is 18.2 Å². The Morgan fingerprint density at radius 1 is 1.60 bits per heavy atom. The minimum absolute atomic E-state index is 0.196. The smallest absolute Gasteiger partial charge is 0.279 e. The molecule has 1 aromatic rings. The number of carbonyl (C=O) groups is 2. The maximum Gasteiger partial charge on any atom is 0.279 e. The first kappa shape index (κ1) is 14.7. The molecule has 2 amide bonds. The summed E-state index contributed by atoms with van der Waals surface area (Å²) >= 11 is 7.11. The van der Waals surface area contributed by atoms with Gasteiger partial charge < -0.3 is 16.4 Å². The molecule has 0 aromatic heterocycles. The molecule has 0 spiro atoms. The standard InChI is InChI=1S/C13H12ClN3O2S/c14-9-4-3-8(2-1-5-15)6-10(9)16-12(18)11-7-20-13(19)17-11/h3-4,6,11H,5,7,15H2,(H,16,18)(H,17,19). The number of hydrogen-bond acceptors (Lipinski definition) is 4. The van der Waals surface area contributed by atoms with Gasteiger partial charge in [-0.3, -0.25) is 9.59 Å². The van der Waals surface area contributed by atoms with Crippen LogP contribution in [0.3, 0.4) is 0 Å². The van der Waals surface area contributed by atoms with E-state index in [9.17, 15) is 9.59 Å². The number of benzene rings is 1. The van der Waals surface area contributed by atoms with Crippen molar-refractivity contribution < 1.29 is 9.59 Å². The quantitative estimate of drug-likeness (QED) is 0.721. The Hall–Kier alpha value is -1.68. The van der Waals surface area contributed by atoms with Crippen molar-refractivity contribution in [2.45, 2.75) is 6.04 Å². The van der Waals surface area contributed by atoms with Crippen molar-refractivity contribution in [3.63, 3.8) is 0 Å². The predicted molar refractivity (Wildman–Crippen MR) is 80.8 cm³/mol. The third kappa shape index (κ3) is 3.67. The topological polar surface area (TPSA) is 84.2 Å². The summed E-state index contributed by atoms with van der Waals surface area (Å²) in [6.07, 6.45) is 0. The molecule has 1 saturated heterocycles. The van der Waals surface area contributed by atoms with Crippen LogP contribution in [0.25, 0.3) is 0 Å². The third-order valence-electron chi connectivity index (χ3n) is 2.55. The van der Waals surface area contributed by atoms with Gasteiger partial charge in [0.2, 0.25) is 5.91 Å². The van der Waals surface area contributed by atoms with Crippen LogP contribution in [0.1, 0.15) is 5.56 Å². The second-order valence-corrected chi connectivity index (χ2v) is 5.39. The lowest BCUT2D eigenvalue weighted by molar-refractivity contribution is -0.117. The first-order valence-electron chi connectivity index (χ1n) is 5.83. The summed E-state index contributed by atoms with van der Waals surface area (Å²) in [6.45, 7) is 0.260. The molecule has 1 unspecified atom stereocenters. The Labute approximate surface area is 125 Å². The minimum Gasteiger partial charge on any atom is -0.334 e. The Morgan fingerprint density at radius 3 is 3.05 bits per heavy atom. The van der Waals surface area contributed by atoms with Gasteiger partial charge in [-0.05, 0) is 18.2 Å². The van der Waals surface area contributed by atoms with Crippen LogP contribution in [0.5, 0.6) is 0 Å². The molecule has 1 heterocycles. The summed E-state index contributed by atoms with van der Waals surface area (Å²) in [4.78, 5) is 23.0. The van der Waals surface area contributed by atoms with E-state index in [2.05, 4.69) is 22.5 Å². The van der Waals surface area contributed by atoms with E-state index < -0.39 is 6.04 Å². The van der Waals surface area contributed by atoms with Crippen LogP contribution in [-0.4, -0.2) is 29.5 Å². The molecule has 7 heteroatoms. The van der Waals surface area contributed by atoms with Crippen molar-refractivity contribution in [2.75, 3.05) is 17.6 Å². The molecule has 1 aliphatic rings. The van der Waals surface area contributed by atoms with E-state index in [1.165, 1.54) is 0 Å². The molecule has 104 valence electrons. The molecular weight excluding hydrogens is 298 g/mol. The van der Waals surface area contributed by atoms with Crippen LogP contribution >= 0.6 is 23.4 Å². The van der Waals surface area contributed by atoms with Crippen molar-refractivity contribution >= 4 is 40.2 Å². The molecule has 1 aromatic carbocycles. The van der Waals surface area contributed by atoms with Gasteiger partial charge in [-0.2, -0.15) is 0 Å². The number of amides is 2. The fourth-order valence-electron chi connectivity index (χ4n) is 1.60. The van der Waals surface area contributed by atoms with Gasteiger partial charge in [-0.15, -0.1) is 0 Å². The van der Waals surface area contributed by atoms with Crippen molar-refractivity contribution in [3.05, 3.63) is 28.8 Å². The molecule has 5 nitrogen and oxygen atoms in total. The van der Waals surface area contributed by atoms with Crippen molar-refractivity contribution in [1.29, 1.82) is 0 Å². The molecule has 0 radical (unpaired) electrons. The van der Waals surface area contributed by atoms with Crippen LogP contribution in [0.4, 0.5) is 10.5 Å². The van der Waals surface area contributed by atoms with Gasteiger partial charge in [0.25, 0.3) is 5.24 Å². The SMILES string of the molecule is NCC#Cc1ccc(Cl)c(NC(=O)C2CSC(=O)N2)c1. The monoisotopic (exact) mass is 309 g/mol. The number of rotatable bonds is 2. The third-order valence-corrected chi connectivity index (χ3v) is 3.76. The zero-order chi connectivity index (χ0) is 14.5. The molecular formula is C13H12ClN3O2S. The maximum atomic E-state index is 12.0. The highest BCUT2D eigenvalue weighted by Crippen LogP contribution is 2.24. The number of nitrogens with two attached hydrogens (primary N) is 1. The molecule has 2 rings (SSSR count). The fourth-order valence-corrected chi connectivity index (χ4v) is 2.54. The maximum absolute atomic E-state index is 12.0. The normalized spacial score (nSPS) is 17.1. The van der Waals surface area contributed by atoms with Gasteiger partial charge in [-0.1, -0.05) is 35.2 Å². The highest BCUT2D eigenvalue weighted by molar-refractivity contribution is 8.14. The van der Waals surface area contributed by atoms with Crippen LogP contribution in [0, 0.1) is 11.8 Å². The first-order valence-corrected chi connectivity index (χ1v) is 7.19. The van der Waals surface area contributed by atoms with Gasteiger partial charge in [0, 0.05) is 11.3 Å². The molecule has 1 atom stereocenters. The molecule has 1 fully saturated rings. The summed E-state index contributed by atoms with van der Waals surface area (Å²) < 4.78 is 0. The highest BCUT2D eigenvalue weighted by Gasteiger charge is 2.28. The first-order chi connectivity index (χ1) is 9.60. The van der Waals surface area contributed by atoms with Gasteiger partial charge in [0.05, 0.1) is 17.3 Å². The molecule has 4 N–H and O–H groups in total. The van der Waals surface area contributed by atoms with Gasteiger partial charge in [-0.25, -0.2) is 0 Å². The Kier molecular flexibility index (Phi) is 4.90. The average Bonchev–Trinajstić information content (AvgIpc) is 2.86. The Bertz CT molecular complexity index is 609. The van der Waals surface area contributed by atoms with E-state index in [0.29, 0.717) is 22.0 Å². The minimum atomic E-state index is -0.539. The number of nitrogens with one attached hydrogen (secondary N) is 2. The van der Waals surface area contributed by atoms with Gasteiger partial charge in [0.15, 0.2) is 0 Å². The van der Waals surface area contributed by atoms with Crippen LogP contribution in [0.2, 0.25) is 5.02 Å². The van der Waals surface area contributed by atoms with E-state index in [1.807, 2.05) is 0 Å². The average molecular weight is 310 g/mol. The highest BCUT2D eigenvalue weighted by atomic mass is 35.5. The van der Waals surface area contributed by atoms with Gasteiger partial charge >= 0.3 is 0 Å². The fraction of sp³-hybridized carbons (Fsp3) is 0.231. The molecule has 0 saturated carbocycles. The second kappa shape index (κ2) is 6.66. The lowest BCUT2D eigenvalue weighted by atomic mass is 10.2. The zero-order valence-electron chi connectivity index (χ0n) is 10.4. The van der Waals surface area contributed by atoms with Crippen molar-refractivity contribution in [1.82, 2.24) is 5.32 Å². The Morgan fingerprint density at radius 2 is 2.40 bits per heavy atom. The van der Waals surface area contributed by atoms with Crippen LogP contribution < -0.4 is 16.4 Å². The summed E-state index contributed by atoms with van der Waals surface area (Å²) in [6, 6.07) is 4.53. The summed E-state index contributed by atoms with van der Waals surface area (Å²) in [5.74, 6) is 5.70. The number of thioether (sulfide) groups is 1. The number of carbonyl (C=O) groups excluding carboxylic acids is 2. The summed E-state index contributed by atoms with van der Waals surface area (Å²) in [5, 5.41) is 5.47. The second-order valence-electron chi connectivity index (χ2n) is 3.99. The molecule has 20 heavy (non-hydrogen) atoms. The van der Waals surface area contributed by atoms with E-state index in [-0.39, 0.29) is 17.7 Å². The predicted octanol–water partition coefficient (Wildman–Crippen LogP) is 1.41. The number of halogens is 1. The van der Waals surface area contributed by atoms with E-state index >= 15 is 0 Å². The van der Waals surface area contributed by atoms with E-state index in [0.717, 1.165) is 11.8 Å². The largest absolute Gasteiger partial charge is 0.334 e. The number of anilines is 1. The van der Waals surface area contributed by atoms with E-state index in [1.54, 1.807) is 18.2 Å². The van der Waals surface area contributed by atoms with Crippen molar-refractivity contribution in [2.24, 2.45) is 5.73 Å². The van der Waals surface area contributed by atoms with Crippen molar-refractivity contribution in [3.8, 4) is 11.8 Å². The lowest BCUT2D eigenvalue weighted by Crippen LogP contribution is -2.38. The summed E-state index contributed by atoms with van der Waals surface area (Å²) in [7, 11) is 0. The zero-order valence-corrected chi connectivity index (χ0v) is 12.0. The molecule has 0 bridgehead atoms. The summed E-state index contributed by atoms with van der Waals surface area (Å²) in [5.41, 5.74) is 6.48. The molecule has 0 aliphatic carbocycles. The molecule has 1 aliphatic heterocycles. The Balaban J connectivity index is 2.12. The van der Waals surface area contributed by atoms with E-state index in [4.69, 9.17) is 17.3 Å². The lowest BCUT2D eigenvalue weighted by Gasteiger charge is -2.11. The number of hydrogen-bond donors (Lipinski definition) is 3. The van der Waals surface area contributed by atoms with Crippen LogP contribution in [-0.2, 0) is 4.79 Å². The van der Waals surface area contributed by atoms with Gasteiger partial charge in [0.1, 0.15) is 6.04 Å².